The lowest BCUT2D eigenvalue weighted by atomic mass is 10.1. The Morgan fingerprint density at radius 1 is 1.04 bits per heavy atom. The van der Waals surface area contributed by atoms with Crippen LogP contribution in [-0.2, 0) is 9.53 Å². The number of carbonyl (C=O) groups is 1. The third kappa shape index (κ3) is 4.05. The van der Waals surface area contributed by atoms with Gasteiger partial charge >= 0.3 is 12.6 Å². The Kier molecular flexibility index (Phi) is 5.35. The fourth-order valence-electron chi connectivity index (χ4n) is 2.45. The molecule has 1 heterocycles. The maximum Gasteiger partial charge on any atom is 0.387 e. The van der Waals surface area contributed by atoms with Crippen molar-refractivity contribution in [2.24, 2.45) is 4.99 Å². The lowest BCUT2D eigenvalue weighted by Crippen LogP contribution is -2.06. The molecule has 0 fully saturated rings. The second-order valence-corrected chi connectivity index (χ2v) is 5.32. The van der Waals surface area contributed by atoms with Gasteiger partial charge in [-0.05, 0) is 30.3 Å². The summed E-state index contributed by atoms with van der Waals surface area (Å²) < 4.78 is 45.1. The molecule has 3 rings (SSSR count). The summed E-state index contributed by atoms with van der Waals surface area (Å²) in [7, 11) is 2.99. The predicted molar refractivity (Wildman–Crippen MR) is 93.2 cm³/mol. The molecule has 0 atom stereocenters. The molecular formula is C19H15F2NO5. The number of cyclic esters (lactones) is 1. The van der Waals surface area contributed by atoms with Crippen molar-refractivity contribution in [1.82, 2.24) is 0 Å². The number of carbonyl (C=O) groups excluding carboxylic acids is 1. The number of methoxy groups -OCH3 is 2. The molecule has 0 aromatic heterocycles. The van der Waals surface area contributed by atoms with Crippen molar-refractivity contribution in [3.63, 3.8) is 0 Å². The molecule has 0 aliphatic carbocycles. The Bertz CT molecular complexity index is 924. The molecule has 2 aromatic carbocycles. The number of halogens is 2. The average Bonchev–Trinajstić information content (AvgIpc) is 3.03. The van der Waals surface area contributed by atoms with Crippen molar-refractivity contribution in [3.8, 4) is 17.2 Å². The highest BCUT2D eigenvalue weighted by Gasteiger charge is 2.25. The predicted octanol–water partition coefficient (Wildman–Crippen LogP) is 3.65. The molecule has 1 aliphatic heterocycles. The van der Waals surface area contributed by atoms with Crippen LogP contribution in [0.4, 0.5) is 8.78 Å². The molecule has 1 aliphatic rings. The van der Waals surface area contributed by atoms with Crippen LogP contribution in [0, 0.1) is 0 Å². The number of hydrogen-bond donors (Lipinski definition) is 0. The molecule has 0 spiro atoms. The maximum absolute atomic E-state index is 12.5. The van der Waals surface area contributed by atoms with Gasteiger partial charge < -0.3 is 18.9 Å². The number of hydrogen-bond acceptors (Lipinski definition) is 6. The third-order valence-electron chi connectivity index (χ3n) is 3.68. The van der Waals surface area contributed by atoms with E-state index in [1.54, 1.807) is 30.3 Å². The molecule has 8 heteroatoms. The van der Waals surface area contributed by atoms with Gasteiger partial charge in [-0.15, -0.1) is 0 Å². The summed E-state index contributed by atoms with van der Waals surface area (Å²) >= 11 is 0. The van der Waals surface area contributed by atoms with Crippen molar-refractivity contribution < 1.29 is 32.5 Å². The number of rotatable bonds is 6. The van der Waals surface area contributed by atoms with Crippen LogP contribution < -0.4 is 14.2 Å². The summed E-state index contributed by atoms with van der Waals surface area (Å²) in [6, 6.07) is 11.0. The zero-order valence-corrected chi connectivity index (χ0v) is 14.4. The van der Waals surface area contributed by atoms with Crippen LogP contribution in [0.2, 0.25) is 0 Å². The van der Waals surface area contributed by atoms with Crippen molar-refractivity contribution >= 4 is 17.9 Å². The van der Waals surface area contributed by atoms with Gasteiger partial charge in [0.25, 0.3) is 0 Å². The number of esters is 1. The number of alkyl halides is 2. The molecule has 0 saturated carbocycles. The molecule has 0 saturated heterocycles. The molecule has 140 valence electrons. The first-order valence-electron chi connectivity index (χ1n) is 7.80. The second kappa shape index (κ2) is 7.86. The molecular weight excluding hydrogens is 360 g/mol. The first-order valence-corrected chi connectivity index (χ1v) is 7.80. The zero-order valence-electron chi connectivity index (χ0n) is 14.4. The fraction of sp³-hybridized carbons (Fsp3) is 0.158. The molecule has 0 amide bonds. The Morgan fingerprint density at radius 3 is 2.48 bits per heavy atom. The normalized spacial score (nSPS) is 14.9. The van der Waals surface area contributed by atoms with E-state index in [0.717, 1.165) is 0 Å². The van der Waals surface area contributed by atoms with Gasteiger partial charge in [-0.1, -0.05) is 18.2 Å². The van der Waals surface area contributed by atoms with Gasteiger partial charge in [0, 0.05) is 11.1 Å². The van der Waals surface area contributed by atoms with Crippen LogP contribution in [0.5, 0.6) is 17.2 Å². The first kappa shape index (κ1) is 18.4. The quantitative estimate of drug-likeness (QED) is 0.570. The number of benzene rings is 2. The van der Waals surface area contributed by atoms with Gasteiger partial charge in [0.15, 0.2) is 17.2 Å². The van der Waals surface area contributed by atoms with E-state index in [-0.39, 0.29) is 22.9 Å². The van der Waals surface area contributed by atoms with E-state index in [2.05, 4.69) is 9.73 Å². The van der Waals surface area contributed by atoms with Crippen molar-refractivity contribution in [2.75, 3.05) is 14.2 Å². The van der Waals surface area contributed by atoms with E-state index >= 15 is 0 Å². The molecule has 0 radical (unpaired) electrons. The molecule has 0 unspecified atom stereocenters. The number of ether oxygens (including phenoxy) is 4. The van der Waals surface area contributed by atoms with E-state index in [1.807, 2.05) is 0 Å². The first-order chi connectivity index (χ1) is 13.0. The van der Waals surface area contributed by atoms with Crippen LogP contribution >= 0.6 is 0 Å². The molecule has 27 heavy (non-hydrogen) atoms. The largest absolute Gasteiger partial charge is 0.493 e. The summed E-state index contributed by atoms with van der Waals surface area (Å²) in [6.07, 6.45) is 1.33. The smallest absolute Gasteiger partial charge is 0.387 e. The van der Waals surface area contributed by atoms with E-state index in [0.29, 0.717) is 17.1 Å². The van der Waals surface area contributed by atoms with Crippen LogP contribution in [0.3, 0.4) is 0 Å². The topological polar surface area (TPSA) is 66.4 Å². The number of para-hydroxylation sites is 1. The Balaban J connectivity index is 1.94. The fourth-order valence-corrected chi connectivity index (χ4v) is 2.45. The lowest BCUT2D eigenvalue weighted by molar-refractivity contribution is -0.129. The molecule has 6 nitrogen and oxygen atoms in total. The maximum atomic E-state index is 12.5. The Morgan fingerprint density at radius 2 is 1.78 bits per heavy atom. The van der Waals surface area contributed by atoms with Crippen molar-refractivity contribution in [3.05, 3.63) is 59.3 Å². The van der Waals surface area contributed by atoms with Crippen LogP contribution in [0.1, 0.15) is 11.1 Å². The Hall–Kier alpha value is -3.42. The van der Waals surface area contributed by atoms with Crippen LogP contribution in [0.15, 0.2) is 53.2 Å². The highest BCUT2D eigenvalue weighted by atomic mass is 19.3. The van der Waals surface area contributed by atoms with Gasteiger partial charge in [-0.2, -0.15) is 8.78 Å². The van der Waals surface area contributed by atoms with E-state index in [1.165, 1.54) is 32.4 Å². The van der Waals surface area contributed by atoms with E-state index in [9.17, 15) is 13.6 Å². The average molecular weight is 375 g/mol. The third-order valence-corrected chi connectivity index (χ3v) is 3.68. The van der Waals surface area contributed by atoms with Gasteiger partial charge in [0.1, 0.15) is 5.75 Å². The van der Waals surface area contributed by atoms with Gasteiger partial charge in [0.05, 0.1) is 14.2 Å². The van der Waals surface area contributed by atoms with Gasteiger partial charge in [0.2, 0.25) is 5.90 Å². The van der Waals surface area contributed by atoms with Crippen LogP contribution in [-0.4, -0.2) is 32.7 Å². The minimum Gasteiger partial charge on any atom is -0.493 e. The van der Waals surface area contributed by atoms with Gasteiger partial charge in [-0.3, -0.25) is 0 Å². The highest BCUT2D eigenvalue weighted by Crippen LogP contribution is 2.30. The summed E-state index contributed by atoms with van der Waals surface area (Å²) in [5.74, 6) is 0.260. The second-order valence-electron chi connectivity index (χ2n) is 5.32. The lowest BCUT2D eigenvalue weighted by Gasteiger charge is -2.08. The minimum atomic E-state index is -2.98. The number of nitrogens with zero attached hydrogens (tertiary/aromatic N) is 1. The minimum absolute atomic E-state index is 0.0369. The molecule has 0 bridgehead atoms. The Labute approximate surface area is 153 Å². The van der Waals surface area contributed by atoms with Gasteiger partial charge in [-0.25, -0.2) is 9.79 Å². The monoisotopic (exact) mass is 375 g/mol. The van der Waals surface area contributed by atoms with Crippen molar-refractivity contribution in [2.45, 2.75) is 6.61 Å². The summed E-state index contributed by atoms with van der Waals surface area (Å²) in [5.41, 5.74) is 0.744. The van der Waals surface area contributed by atoms with E-state index < -0.39 is 12.6 Å². The molecule has 0 N–H and O–H groups in total. The number of aliphatic imine (C=N–C) groups is 1. The standard InChI is InChI=1S/C19H15F2NO5/c1-24-15-8-7-12(10-16(15)25-2)17-22-13(18(23)27-17)9-11-5-3-4-6-14(11)26-19(20)21/h3-10,19H,1-2H3/b13-9+. The SMILES string of the molecule is COc1ccc(C2=N/C(=C/c3ccccc3OC(F)F)C(=O)O2)cc1OC. The summed E-state index contributed by atoms with van der Waals surface area (Å²) in [6.45, 7) is -2.98. The van der Waals surface area contributed by atoms with E-state index in [4.69, 9.17) is 14.2 Å². The highest BCUT2D eigenvalue weighted by molar-refractivity contribution is 6.13. The summed E-state index contributed by atoms with van der Waals surface area (Å²) in [4.78, 5) is 16.3. The summed E-state index contributed by atoms with van der Waals surface area (Å²) in [5, 5.41) is 0. The zero-order chi connectivity index (χ0) is 19.4. The molecule has 2 aromatic rings. The van der Waals surface area contributed by atoms with Crippen molar-refractivity contribution in [1.29, 1.82) is 0 Å². The van der Waals surface area contributed by atoms with Crippen LogP contribution in [0.25, 0.3) is 6.08 Å².